The Morgan fingerprint density at radius 3 is 2.45 bits per heavy atom. The van der Waals surface area contributed by atoms with E-state index >= 15 is 0 Å². The first-order valence-corrected chi connectivity index (χ1v) is 9.95. The summed E-state index contributed by atoms with van der Waals surface area (Å²) in [5, 5.41) is 11.1. The fourth-order valence-electron chi connectivity index (χ4n) is 3.76. The van der Waals surface area contributed by atoms with E-state index in [4.69, 9.17) is 9.47 Å². The standard InChI is InChI=1S/C23H23FN2O5/c1-25(2)9-10-26-20(14-3-6-16(24)7-4-14)19(22(28)23(26)29)21(27)15-5-8-17-18(13-15)31-12-11-30-17/h3-8,13,20,27H,9-12H2,1-2H3/b21-19+. The first-order chi connectivity index (χ1) is 14.9. The van der Waals surface area contributed by atoms with Crippen LogP contribution in [0.2, 0.25) is 0 Å². The number of amides is 1. The van der Waals surface area contributed by atoms with E-state index in [1.165, 1.54) is 29.2 Å². The lowest BCUT2D eigenvalue weighted by Gasteiger charge is -2.26. The van der Waals surface area contributed by atoms with Gasteiger partial charge in [0, 0.05) is 18.7 Å². The summed E-state index contributed by atoms with van der Waals surface area (Å²) in [4.78, 5) is 29.1. The summed E-state index contributed by atoms with van der Waals surface area (Å²) in [6.07, 6.45) is 0. The minimum Gasteiger partial charge on any atom is -0.507 e. The Balaban J connectivity index is 1.81. The molecule has 0 radical (unpaired) electrons. The molecule has 7 nitrogen and oxygen atoms in total. The summed E-state index contributed by atoms with van der Waals surface area (Å²) >= 11 is 0. The molecule has 2 aliphatic heterocycles. The maximum atomic E-state index is 13.5. The Labute approximate surface area is 179 Å². The number of fused-ring (bicyclic) bond motifs is 1. The molecule has 1 amide bonds. The quantitative estimate of drug-likeness (QED) is 0.450. The number of likely N-dealkylation sites (N-methyl/N-ethyl adjacent to an activating group) is 1. The molecule has 2 heterocycles. The molecular weight excluding hydrogens is 403 g/mol. The normalized spacial score (nSPS) is 19.9. The molecule has 1 unspecified atom stereocenters. The Morgan fingerprint density at radius 2 is 1.77 bits per heavy atom. The molecule has 1 atom stereocenters. The van der Waals surface area contributed by atoms with Gasteiger partial charge in [-0.2, -0.15) is 0 Å². The van der Waals surface area contributed by atoms with Crippen molar-refractivity contribution in [2.75, 3.05) is 40.4 Å². The second-order valence-corrected chi connectivity index (χ2v) is 7.71. The molecule has 2 aromatic carbocycles. The van der Waals surface area contributed by atoms with Gasteiger partial charge in [0.1, 0.15) is 24.8 Å². The highest BCUT2D eigenvalue weighted by Crippen LogP contribution is 2.41. The monoisotopic (exact) mass is 426 g/mol. The first kappa shape index (κ1) is 20.9. The molecule has 1 N–H and O–H groups in total. The molecule has 0 spiro atoms. The Hall–Kier alpha value is -3.39. The molecule has 1 fully saturated rings. The largest absolute Gasteiger partial charge is 0.507 e. The minimum atomic E-state index is -0.825. The van der Waals surface area contributed by atoms with Crippen molar-refractivity contribution in [1.82, 2.24) is 9.80 Å². The number of rotatable bonds is 5. The van der Waals surface area contributed by atoms with Gasteiger partial charge in [0.25, 0.3) is 11.7 Å². The van der Waals surface area contributed by atoms with Crippen molar-refractivity contribution < 1.29 is 28.6 Å². The smallest absolute Gasteiger partial charge is 0.295 e. The number of hydrogen-bond donors (Lipinski definition) is 1. The van der Waals surface area contributed by atoms with E-state index < -0.39 is 23.5 Å². The predicted octanol–water partition coefficient (Wildman–Crippen LogP) is 2.58. The van der Waals surface area contributed by atoms with Gasteiger partial charge in [-0.05, 0) is 50.0 Å². The van der Waals surface area contributed by atoms with Gasteiger partial charge in [0.15, 0.2) is 11.5 Å². The lowest BCUT2D eigenvalue weighted by molar-refractivity contribution is -0.140. The SMILES string of the molecule is CN(C)CCN1C(=O)C(=O)/C(=C(/O)c2ccc3c(c2)OCCO3)C1c1ccc(F)cc1. The van der Waals surface area contributed by atoms with Crippen LogP contribution in [-0.2, 0) is 9.59 Å². The average Bonchev–Trinajstić information content (AvgIpc) is 3.02. The molecule has 31 heavy (non-hydrogen) atoms. The van der Waals surface area contributed by atoms with Crippen molar-refractivity contribution in [3.8, 4) is 11.5 Å². The minimum absolute atomic E-state index is 0.0351. The number of aliphatic hydroxyl groups excluding tert-OH is 1. The molecule has 0 bridgehead atoms. The molecule has 0 aliphatic carbocycles. The number of hydrogen-bond acceptors (Lipinski definition) is 6. The Morgan fingerprint density at radius 1 is 1.10 bits per heavy atom. The van der Waals surface area contributed by atoms with E-state index in [1.54, 1.807) is 18.2 Å². The topological polar surface area (TPSA) is 79.3 Å². The van der Waals surface area contributed by atoms with Crippen LogP contribution in [0, 0.1) is 5.82 Å². The van der Waals surface area contributed by atoms with Crippen LogP contribution in [0.25, 0.3) is 5.76 Å². The van der Waals surface area contributed by atoms with E-state index in [0.29, 0.717) is 42.4 Å². The van der Waals surface area contributed by atoms with Crippen molar-refractivity contribution in [3.63, 3.8) is 0 Å². The summed E-state index contributed by atoms with van der Waals surface area (Å²) in [7, 11) is 3.72. The Kier molecular flexibility index (Phi) is 5.65. The molecule has 1 saturated heterocycles. The van der Waals surface area contributed by atoms with Crippen molar-refractivity contribution in [2.45, 2.75) is 6.04 Å². The van der Waals surface area contributed by atoms with Crippen molar-refractivity contribution in [1.29, 1.82) is 0 Å². The average molecular weight is 426 g/mol. The van der Waals surface area contributed by atoms with Crippen LogP contribution < -0.4 is 9.47 Å². The molecule has 0 aromatic heterocycles. The summed E-state index contributed by atoms with van der Waals surface area (Å²) in [6, 6.07) is 9.59. The molecule has 2 aromatic rings. The molecule has 162 valence electrons. The van der Waals surface area contributed by atoms with Crippen molar-refractivity contribution >= 4 is 17.4 Å². The van der Waals surface area contributed by atoms with E-state index in [0.717, 1.165) is 0 Å². The highest BCUT2D eigenvalue weighted by molar-refractivity contribution is 6.46. The van der Waals surface area contributed by atoms with E-state index in [2.05, 4.69) is 0 Å². The van der Waals surface area contributed by atoms with Crippen LogP contribution in [0.1, 0.15) is 17.2 Å². The number of aliphatic hydroxyl groups is 1. The van der Waals surface area contributed by atoms with Gasteiger partial charge >= 0.3 is 0 Å². The fourth-order valence-corrected chi connectivity index (χ4v) is 3.76. The summed E-state index contributed by atoms with van der Waals surface area (Å²) in [5.74, 6) is -1.21. The van der Waals surface area contributed by atoms with Crippen LogP contribution in [0.4, 0.5) is 4.39 Å². The lowest BCUT2D eigenvalue weighted by Crippen LogP contribution is -2.35. The van der Waals surface area contributed by atoms with Crippen LogP contribution in [0.15, 0.2) is 48.0 Å². The lowest BCUT2D eigenvalue weighted by atomic mass is 9.95. The summed E-state index contributed by atoms with van der Waals surface area (Å²) in [6.45, 7) is 1.61. The molecule has 0 saturated carbocycles. The number of benzene rings is 2. The number of halogens is 1. The maximum Gasteiger partial charge on any atom is 0.295 e. The van der Waals surface area contributed by atoms with Gasteiger partial charge in [0.05, 0.1) is 11.6 Å². The van der Waals surface area contributed by atoms with Crippen LogP contribution in [-0.4, -0.2) is 67.0 Å². The summed E-state index contributed by atoms with van der Waals surface area (Å²) < 4.78 is 24.6. The fraction of sp³-hybridized carbons (Fsp3) is 0.304. The third-order valence-corrected chi connectivity index (χ3v) is 5.33. The zero-order chi connectivity index (χ0) is 22.1. The number of carbonyl (C=O) groups is 2. The van der Waals surface area contributed by atoms with Crippen LogP contribution >= 0.6 is 0 Å². The molecule has 8 heteroatoms. The first-order valence-electron chi connectivity index (χ1n) is 9.95. The van der Waals surface area contributed by atoms with Gasteiger partial charge in [-0.1, -0.05) is 12.1 Å². The van der Waals surface area contributed by atoms with E-state index in [9.17, 15) is 19.1 Å². The zero-order valence-corrected chi connectivity index (χ0v) is 17.3. The number of Topliss-reactive ketones (excluding diaryl/α,β-unsaturated/α-hetero) is 1. The van der Waals surface area contributed by atoms with Crippen molar-refractivity contribution in [3.05, 3.63) is 65.0 Å². The van der Waals surface area contributed by atoms with Gasteiger partial charge < -0.3 is 24.4 Å². The summed E-state index contributed by atoms with van der Waals surface area (Å²) in [5.41, 5.74) is 0.840. The number of ketones is 1. The predicted molar refractivity (Wildman–Crippen MR) is 111 cm³/mol. The number of nitrogens with zero attached hydrogens (tertiary/aromatic N) is 2. The highest BCUT2D eigenvalue weighted by Gasteiger charge is 2.46. The van der Waals surface area contributed by atoms with Gasteiger partial charge in [-0.15, -0.1) is 0 Å². The van der Waals surface area contributed by atoms with E-state index in [-0.39, 0.29) is 17.9 Å². The molecular formula is C23H23FN2O5. The second-order valence-electron chi connectivity index (χ2n) is 7.71. The highest BCUT2D eigenvalue weighted by atomic mass is 19.1. The Bertz CT molecular complexity index is 1050. The number of carbonyl (C=O) groups excluding carboxylic acids is 2. The van der Waals surface area contributed by atoms with Gasteiger partial charge in [-0.3, -0.25) is 9.59 Å². The molecule has 4 rings (SSSR count). The van der Waals surface area contributed by atoms with Crippen LogP contribution in [0.5, 0.6) is 11.5 Å². The van der Waals surface area contributed by atoms with Gasteiger partial charge in [0.2, 0.25) is 0 Å². The number of likely N-dealkylation sites (tertiary alicyclic amines) is 1. The van der Waals surface area contributed by atoms with Crippen molar-refractivity contribution in [2.24, 2.45) is 0 Å². The third-order valence-electron chi connectivity index (χ3n) is 5.33. The van der Waals surface area contributed by atoms with Crippen LogP contribution in [0.3, 0.4) is 0 Å². The second kappa shape index (κ2) is 8.39. The molecule has 2 aliphatic rings. The zero-order valence-electron chi connectivity index (χ0n) is 17.3. The van der Waals surface area contributed by atoms with E-state index in [1.807, 2.05) is 19.0 Å². The third kappa shape index (κ3) is 3.98. The van der Waals surface area contributed by atoms with Gasteiger partial charge in [-0.25, -0.2) is 4.39 Å². The number of ether oxygens (including phenoxy) is 2. The maximum absolute atomic E-state index is 13.5.